The molecule has 0 saturated carbocycles. The second-order valence-corrected chi connectivity index (χ2v) is 13.3. The number of allylic oxidation sites excluding steroid dienone is 2. The van der Waals surface area contributed by atoms with Crippen molar-refractivity contribution >= 4 is 35.5 Å². The van der Waals surface area contributed by atoms with Crippen LogP contribution >= 0.6 is 25.3 Å². The standard InChI is InChI=1S/C36H68O2S2/c1-3-5-7-9-11-13-15-17-19-21-23-25-27-33(29-31-35(37)39)34(30-32-36(38)40)28-26-24-22-20-18-16-14-12-10-8-6-4-2/h3-32H2,1-2H3,(H,37,39)(H,38,40)/b34-33+. The average Bonchev–Trinajstić information content (AvgIpc) is 2.93. The molecule has 0 radical (unpaired) electrons. The Labute approximate surface area is 261 Å². The van der Waals surface area contributed by atoms with E-state index in [2.05, 4.69) is 39.1 Å². The van der Waals surface area contributed by atoms with E-state index < -0.39 is 0 Å². The molecule has 0 aliphatic rings. The molecule has 2 nitrogen and oxygen atoms in total. The zero-order valence-corrected chi connectivity index (χ0v) is 28.7. The monoisotopic (exact) mass is 596 g/mol. The zero-order chi connectivity index (χ0) is 29.5. The minimum atomic E-state index is -0.0258. The van der Waals surface area contributed by atoms with Gasteiger partial charge in [-0.25, -0.2) is 0 Å². The van der Waals surface area contributed by atoms with Gasteiger partial charge in [-0.1, -0.05) is 166 Å². The quantitative estimate of drug-likeness (QED) is 0.0460. The minimum absolute atomic E-state index is 0.0258. The van der Waals surface area contributed by atoms with Gasteiger partial charge in [0.25, 0.3) is 0 Å². The van der Waals surface area contributed by atoms with Crippen LogP contribution < -0.4 is 0 Å². The Morgan fingerprint density at radius 3 is 0.775 bits per heavy atom. The molecule has 0 bridgehead atoms. The molecule has 0 unspecified atom stereocenters. The minimum Gasteiger partial charge on any atom is -0.287 e. The van der Waals surface area contributed by atoms with Crippen molar-refractivity contribution in [1.82, 2.24) is 0 Å². The van der Waals surface area contributed by atoms with Crippen molar-refractivity contribution in [3.63, 3.8) is 0 Å². The molecule has 0 aromatic carbocycles. The van der Waals surface area contributed by atoms with Gasteiger partial charge in [-0.05, 0) is 38.5 Å². The Balaban J connectivity index is 4.40. The molecule has 0 atom stereocenters. The number of hydrogen-bond donors (Lipinski definition) is 2. The van der Waals surface area contributed by atoms with Crippen LogP contribution in [-0.2, 0) is 9.59 Å². The number of rotatable bonds is 32. The summed E-state index contributed by atoms with van der Waals surface area (Å²) in [5.41, 5.74) is 2.87. The molecule has 0 spiro atoms. The maximum atomic E-state index is 11.7. The second-order valence-electron chi connectivity index (χ2n) is 12.3. The summed E-state index contributed by atoms with van der Waals surface area (Å²) in [5, 5.41) is -0.0515. The van der Waals surface area contributed by atoms with E-state index in [1.807, 2.05) is 0 Å². The van der Waals surface area contributed by atoms with E-state index in [1.54, 1.807) is 0 Å². The number of hydrogen-bond acceptors (Lipinski definition) is 2. The molecule has 0 heterocycles. The van der Waals surface area contributed by atoms with Gasteiger partial charge in [-0.3, -0.25) is 9.59 Å². The molecular weight excluding hydrogens is 529 g/mol. The zero-order valence-electron chi connectivity index (χ0n) is 26.9. The van der Waals surface area contributed by atoms with Crippen molar-refractivity contribution in [2.75, 3.05) is 0 Å². The maximum Gasteiger partial charge on any atom is 0.186 e. The topological polar surface area (TPSA) is 34.1 Å². The van der Waals surface area contributed by atoms with Crippen LogP contribution in [0.3, 0.4) is 0 Å². The maximum absolute atomic E-state index is 11.7. The highest BCUT2D eigenvalue weighted by atomic mass is 32.1. The van der Waals surface area contributed by atoms with Crippen molar-refractivity contribution in [3.8, 4) is 0 Å². The molecule has 0 aliphatic carbocycles. The Morgan fingerprint density at radius 1 is 0.325 bits per heavy atom. The molecule has 0 N–H and O–H groups in total. The molecule has 0 aliphatic heterocycles. The van der Waals surface area contributed by atoms with Crippen molar-refractivity contribution in [2.45, 2.75) is 206 Å². The molecule has 0 aromatic heterocycles. The summed E-state index contributed by atoms with van der Waals surface area (Å²) in [5.74, 6) is 0. The van der Waals surface area contributed by atoms with Crippen molar-refractivity contribution in [3.05, 3.63) is 11.1 Å². The fraction of sp³-hybridized carbons (Fsp3) is 0.889. The van der Waals surface area contributed by atoms with E-state index in [9.17, 15) is 9.59 Å². The number of carbonyl (C=O) groups excluding carboxylic acids is 2. The van der Waals surface area contributed by atoms with Gasteiger partial charge in [0.15, 0.2) is 10.2 Å². The van der Waals surface area contributed by atoms with Crippen LogP contribution in [-0.4, -0.2) is 10.2 Å². The molecule has 0 aromatic rings. The summed E-state index contributed by atoms with van der Waals surface area (Å²) in [6, 6.07) is 0. The predicted molar refractivity (Wildman–Crippen MR) is 185 cm³/mol. The lowest BCUT2D eigenvalue weighted by molar-refractivity contribution is -0.111. The molecular formula is C36H68O2S2. The molecule has 0 amide bonds. The summed E-state index contributed by atoms with van der Waals surface area (Å²) in [7, 11) is 0. The van der Waals surface area contributed by atoms with Crippen LogP contribution in [0.1, 0.15) is 206 Å². The third-order valence-corrected chi connectivity index (χ3v) is 8.89. The lowest BCUT2D eigenvalue weighted by Gasteiger charge is -2.16. The first-order chi connectivity index (χ1) is 19.5. The SMILES string of the molecule is CCCCCCCCCCCCCC/C(CCC(=O)S)=C(/CCCCCCCCCCCCCC)CCC(=O)S. The highest BCUT2D eigenvalue weighted by Gasteiger charge is 2.11. The van der Waals surface area contributed by atoms with Gasteiger partial charge in [0.2, 0.25) is 0 Å². The lowest BCUT2D eigenvalue weighted by Crippen LogP contribution is -2.00. The summed E-state index contributed by atoms with van der Waals surface area (Å²) < 4.78 is 0. The first-order valence-electron chi connectivity index (χ1n) is 17.6. The van der Waals surface area contributed by atoms with Crippen molar-refractivity contribution in [2.24, 2.45) is 0 Å². The Bertz CT molecular complexity index is 562. The summed E-state index contributed by atoms with van der Waals surface area (Å²) >= 11 is 8.08. The van der Waals surface area contributed by atoms with Gasteiger partial charge in [-0.2, -0.15) is 0 Å². The predicted octanol–water partition coefficient (Wildman–Crippen LogP) is 12.9. The number of carbonyl (C=O) groups is 2. The van der Waals surface area contributed by atoms with Crippen LogP contribution in [0.2, 0.25) is 0 Å². The Kier molecular flexibility index (Phi) is 31.5. The van der Waals surface area contributed by atoms with Crippen LogP contribution in [0.5, 0.6) is 0 Å². The third kappa shape index (κ3) is 29.3. The van der Waals surface area contributed by atoms with Gasteiger partial charge in [-0.15, -0.1) is 25.3 Å². The van der Waals surface area contributed by atoms with E-state index in [1.165, 1.54) is 165 Å². The fourth-order valence-corrected chi connectivity index (χ4v) is 6.06. The highest BCUT2D eigenvalue weighted by molar-refractivity contribution is 7.96. The van der Waals surface area contributed by atoms with E-state index in [0.717, 1.165) is 25.7 Å². The number of thiol groups is 2. The first-order valence-corrected chi connectivity index (χ1v) is 18.5. The molecule has 4 heteroatoms. The van der Waals surface area contributed by atoms with Gasteiger partial charge in [0.05, 0.1) is 0 Å². The number of unbranched alkanes of at least 4 members (excludes halogenated alkanes) is 22. The second kappa shape index (κ2) is 31.7. The van der Waals surface area contributed by atoms with Crippen molar-refractivity contribution in [1.29, 1.82) is 0 Å². The first kappa shape index (κ1) is 39.8. The molecule has 0 saturated heterocycles. The van der Waals surface area contributed by atoms with Gasteiger partial charge < -0.3 is 0 Å². The highest BCUT2D eigenvalue weighted by Crippen LogP contribution is 2.28. The van der Waals surface area contributed by atoms with Crippen LogP contribution in [0.15, 0.2) is 11.1 Å². The van der Waals surface area contributed by atoms with Crippen LogP contribution in [0.25, 0.3) is 0 Å². The largest absolute Gasteiger partial charge is 0.287 e. The molecule has 0 rings (SSSR count). The van der Waals surface area contributed by atoms with E-state index in [4.69, 9.17) is 0 Å². The van der Waals surface area contributed by atoms with Gasteiger partial charge >= 0.3 is 0 Å². The molecule has 0 fully saturated rings. The Morgan fingerprint density at radius 2 is 0.550 bits per heavy atom. The average molecular weight is 597 g/mol. The van der Waals surface area contributed by atoms with Crippen LogP contribution in [0, 0.1) is 0 Å². The normalized spacial score (nSPS) is 12.1. The fourth-order valence-electron chi connectivity index (χ4n) is 5.83. The summed E-state index contributed by atoms with van der Waals surface area (Å²) in [6.07, 6.45) is 37.3. The van der Waals surface area contributed by atoms with Crippen molar-refractivity contribution < 1.29 is 9.59 Å². The molecule has 236 valence electrons. The van der Waals surface area contributed by atoms with E-state index in [-0.39, 0.29) is 10.2 Å². The molecule has 40 heavy (non-hydrogen) atoms. The van der Waals surface area contributed by atoms with Gasteiger partial charge in [0, 0.05) is 12.8 Å². The smallest absolute Gasteiger partial charge is 0.186 e. The lowest BCUT2D eigenvalue weighted by atomic mass is 9.91. The Hall–Kier alpha value is -0.220. The van der Waals surface area contributed by atoms with E-state index >= 15 is 0 Å². The summed E-state index contributed by atoms with van der Waals surface area (Å²) in [6.45, 7) is 4.56. The third-order valence-electron chi connectivity index (χ3n) is 8.45. The van der Waals surface area contributed by atoms with E-state index in [0.29, 0.717) is 12.8 Å². The summed E-state index contributed by atoms with van der Waals surface area (Å²) in [4.78, 5) is 23.3. The van der Waals surface area contributed by atoms with Crippen LogP contribution in [0.4, 0.5) is 0 Å². The van der Waals surface area contributed by atoms with Gasteiger partial charge in [0.1, 0.15) is 0 Å².